The van der Waals surface area contributed by atoms with Crippen molar-refractivity contribution in [3.63, 3.8) is 0 Å². The molecule has 3 rings (SSSR count). The molecule has 0 bridgehead atoms. The summed E-state index contributed by atoms with van der Waals surface area (Å²) in [5.74, 6) is -1.27. The van der Waals surface area contributed by atoms with Crippen molar-refractivity contribution in [3.8, 4) is 0 Å². The highest BCUT2D eigenvalue weighted by Gasteiger charge is 2.44. The second-order valence-corrected chi connectivity index (χ2v) is 7.26. The molecular weight excluding hydrogens is 401 g/mol. The van der Waals surface area contributed by atoms with E-state index < -0.39 is 17.3 Å². The summed E-state index contributed by atoms with van der Waals surface area (Å²) >= 11 is 3.35. The zero-order valence-corrected chi connectivity index (χ0v) is 15.7. The highest BCUT2D eigenvalue weighted by molar-refractivity contribution is 9.10. The highest BCUT2D eigenvalue weighted by Crippen LogP contribution is 2.42. The van der Waals surface area contributed by atoms with Crippen molar-refractivity contribution in [2.24, 2.45) is 0 Å². The highest BCUT2D eigenvalue weighted by atomic mass is 79.9. The standard InChI is InChI=1S/C20H19BrFNO3/c21-16-8-1-2-9-17(16)23-18(24)13-26-19(25)20(10-3-4-11-20)14-6-5-7-15(22)12-14/h1-2,5-9,12H,3-4,10-11,13H2,(H,23,24). The molecule has 0 saturated heterocycles. The molecule has 0 unspecified atom stereocenters. The van der Waals surface area contributed by atoms with Crippen molar-refractivity contribution < 1.29 is 18.7 Å². The molecule has 1 N–H and O–H groups in total. The summed E-state index contributed by atoms with van der Waals surface area (Å²) in [7, 11) is 0. The van der Waals surface area contributed by atoms with Gasteiger partial charge in [-0.15, -0.1) is 0 Å². The number of benzene rings is 2. The van der Waals surface area contributed by atoms with Crippen molar-refractivity contribution in [1.82, 2.24) is 0 Å². The molecule has 136 valence electrons. The van der Waals surface area contributed by atoms with E-state index in [-0.39, 0.29) is 12.4 Å². The Balaban J connectivity index is 1.67. The van der Waals surface area contributed by atoms with Gasteiger partial charge < -0.3 is 10.1 Å². The summed E-state index contributed by atoms with van der Waals surface area (Å²) in [6, 6.07) is 13.3. The number of halogens is 2. The lowest BCUT2D eigenvalue weighted by atomic mass is 9.79. The van der Waals surface area contributed by atoms with Gasteiger partial charge >= 0.3 is 5.97 Å². The van der Waals surface area contributed by atoms with Crippen LogP contribution in [-0.2, 0) is 19.7 Å². The number of rotatable bonds is 5. The fourth-order valence-corrected chi connectivity index (χ4v) is 3.78. The predicted octanol–water partition coefficient (Wildman–Crippen LogP) is 4.58. The summed E-state index contributed by atoms with van der Waals surface area (Å²) in [5, 5.41) is 2.69. The Morgan fingerprint density at radius 2 is 1.85 bits per heavy atom. The third-order valence-corrected chi connectivity index (χ3v) is 5.40. The van der Waals surface area contributed by atoms with Crippen molar-refractivity contribution in [3.05, 3.63) is 64.4 Å². The van der Waals surface area contributed by atoms with Crippen LogP contribution in [0.4, 0.5) is 10.1 Å². The monoisotopic (exact) mass is 419 g/mol. The van der Waals surface area contributed by atoms with Crippen LogP contribution in [0.15, 0.2) is 53.0 Å². The maximum Gasteiger partial charge on any atom is 0.317 e. The number of ether oxygens (including phenoxy) is 1. The van der Waals surface area contributed by atoms with Gasteiger partial charge in [0.05, 0.1) is 11.1 Å². The van der Waals surface area contributed by atoms with Crippen LogP contribution in [-0.4, -0.2) is 18.5 Å². The van der Waals surface area contributed by atoms with Gasteiger partial charge in [0.2, 0.25) is 0 Å². The molecule has 1 aliphatic carbocycles. The van der Waals surface area contributed by atoms with E-state index in [9.17, 15) is 14.0 Å². The molecule has 0 atom stereocenters. The maximum absolute atomic E-state index is 13.6. The Bertz CT molecular complexity index is 818. The molecule has 26 heavy (non-hydrogen) atoms. The van der Waals surface area contributed by atoms with Gasteiger partial charge in [-0.25, -0.2) is 4.39 Å². The fourth-order valence-electron chi connectivity index (χ4n) is 3.39. The van der Waals surface area contributed by atoms with Crippen LogP contribution in [0.3, 0.4) is 0 Å². The van der Waals surface area contributed by atoms with E-state index in [0.717, 1.165) is 17.3 Å². The number of hydrogen-bond donors (Lipinski definition) is 1. The van der Waals surface area contributed by atoms with Crippen LogP contribution in [0.1, 0.15) is 31.2 Å². The summed E-state index contributed by atoms with van der Waals surface area (Å²) < 4.78 is 19.7. The zero-order chi connectivity index (χ0) is 18.6. The molecular formula is C20H19BrFNO3. The number of nitrogens with one attached hydrogen (secondary N) is 1. The molecule has 1 amide bonds. The average Bonchev–Trinajstić information content (AvgIpc) is 3.13. The van der Waals surface area contributed by atoms with E-state index in [1.54, 1.807) is 30.3 Å². The number of anilines is 1. The predicted molar refractivity (Wildman–Crippen MR) is 100 cm³/mol. The van der Waals surface area contributed by atoms with Gasteiger partial charge in [-0.05, 0) is 58.6 Å². The number of hydrogen-bond acceptors (Lipinski definition) is 3. The van der Waals surface area contributed by atoms with Gasteiger partial charge in [-0.1, -0.05) is 37.1 Å². The number of para-hydroxylation sites is 1. The van der Waals surface area contributed by atoms with E-state index in [4.69, 9.17) is 4.74 Å². The first-order chi connectivity index (χ1) is 12.5. The van der Waals surface area contributed by atoms with Gasteiger partial charge in [-0.2, -0.15) is 0 Å². The van der Waals surface area contributed by atoms with E-state index in [1.807, 2.05) is 6.07 Å². The van der Waals surface area contributed by atoms with Crippen molar-refractivity contribution in [2.45, 2.75) is 31.1 Å². The first-order valence-corrected chi connectivity index (χ1v) is 9.28. The number of amides is 1. The molecule has 0 radical (unpaired) electrons. The Morgan fingerprint density at radius 1 is 1.12 bits per heavy atom. The molecule has 4 nitrogen and oxygen atoms in total. The van der Waals surface area contributed by atoms with Crippen LogP contribution in [0, 0.1) is 5.82 Å². The van der Waals surface area contributed by atoms with E-state index in [2.05, 4.69) is 21.2 Å². The minimum absolute atomic E-state index is 0.378. The molecule has 0 heterocycles. The van der Waals surface area contributed by atoms with E-state index >= 15 is 0 Å². The van der Waals surface area contributed by atoms with Crippen molar-refractivity contribution in [2.75, 3.05) is 11.9 Å². The van der Waals surface area contributed by atoms with Gasteiger partial charge in [0.25, 0.3) is 5.91 Å². The SMILES string of the molecule is O=C(COC(=O)C1(c2cccc(F)c2)CCCC1)Nc1ccccc1Br. The average molecular weight is 420 g/mol. The van der Waals surface area contributed by atoms with E-state index in [1.165, 1.54) is 12.1 Å². The molecule has 0 aromatic heterocycles. The third-order valence-electron chi connectivity index (χ3n) is 4.71. The number of esters is 1. The lowest BCUT2D eigenvalue weighted by Crippen LogP contribution is -2.36. The van der Waals surface area contributed by atoms with Gasteiger partial charge in [0.1, 0.15) is 5.82 Å². The van der Waals surface area contributed by atoms with Crippen LogP contribution in [0.25, 0.3) is 0 Å². The first kappa shape index (κ1) is 18.6. The molecule has 1 aliphatic rings. The van der Waals surface area contributed by atoms with Crippen LogP contribution in [0.2, 0.25) is 0 Å². The Labute approximate surface area is 159 Å². The van der Waals surface area contributed by atoms with Crippen LogP contribution >= 0.6 is 15.9 Å². The Hall–Kier alpha value is -2.21. The minimum atomic E-state index is -0.865. The molecule has 1 fully saturated rings. The molecule has 0 spiro atoms. The Morgan fingerprint density at radius 3 is 2.54 bits per heavy atom. The van der Waals surface area contributed by atoms with Crippen LogP contribution in [0.5, 0.6) is 0 Å². The molecule has 0 aliphatic heterocycles. The maximum atomic E-state index is 13.6. The Kier molecular flexibility index (Phi) is 5.71. The third kappa shape index (κ3) is 3.96. The van der Waals surface area contributed by atoms with Gasteiger partial charge in [-0.3, -0.25) is 9.59 Å². The first-order valence-electron chi connectivity index (χ1n) is 8.49. The quantitative estimate of drug-likeness (QED) is 0.721. The zero-order valence-electron chi connectivity index (χ0n) is 14.1. The number of carbonyl (C=O) groups excluding carboxylic acids is 2. The van der Waals surface area contributed by atoms with Crippen molar-refractivity contribution in [1.29, 1.82) is 0 Å². The lowest BCUT2D eigenvalue weighted by molar-refractivity contribution is -0.153. The largest absolute Gasteiger partial charge is 0.455 e. The summed E-state index contributed by atoms with van der Waals surface area (Å²) in [6.07, 6.45) is 2.94. The molecule has 2 aromatic carbocycles. The second kappa shape index (κ2) is 7.99. The number of carbonyl (C=O) groups is 2. The minimum Gasteiger partial charge on any atom is -0.455 e. The van der Waals surface area contributed by atoms with E-state index in [0.29, 0.717) is 24.1 Å². The smallest absolute Gasteiger partial charge is 0.317 e. The molecule has 2 aromatic rings. The summed E-state index contributed by atoms with van der Waals surface area (Å²) in [4.78, 5) is 24.9. The lowest BCUT2D eigenvalue weighted by Gasteiger charge is -2.27. The molecule has 6 heteroatoms. The van der Waals surface area contributed by atoms with Crippen molar-refractivity contribution >= 4 is 33.5 Å². The normalized spacial score (nSPS) is 15.5. The van der Waals surface area contributed by atoms with Gasteiger partial charge in [0.15, 0.2) is 6.61 Å². The van der Waals surface area contributed by atoms with Crippen LogP contribution < -0.4 is 5.32 Å². The molecule has 1 saturated carbocycles. The fraction of sp³-hybridized carbons (Fsp3) is 0.300. The topological polar surface area (TPSA) is 55.4 Å². The summed E-state index contributed by atoms with van der Waals surface area (Å²) in [6.45, 7) is -0.378. The van der Waals surface area contributed by atoms with Gasteiger partial charge in [0, 0.05) is 4.47 Å². The summed E-state index contributed by atoms with van der Waals surface area (Å²) in [5.41, 5.74) is 0.357. The second-order valence-electron chi connectivity index (χ2n) is 6.40.